The number of imide groups is 1. The van der Waals surface area contributed by atoms with Crippen molar-refractivity contribution >= 4 is 61.7 Å². The third-order valence-electron chi connectivity index (χ3n) is 12.9. The second-order valence-corrected chi connectivity index (χ2v) is 20.2. The summed E-state index contributed by atoms with van der Waals surface area (Å²) in [6.45, 7) is 2.72. The summed E-state index contributed by atoms with van der Waals surface area (Å²) in [5.74, 6) is 2.71. The summed E-state index contributed by atoms with van der Waals surface area (Å²) >= 11 is 1.08. The molecule has 9 rings (SSSR count). The molecule has 4 aliphatic heterocycles. The van der Waals surface area contributed by atoms with Gasteiger partial charge in [0.2, 0.25) is 33.7 Å². The van der Waals surface area contributed by atoms with E-state index >= 15 is 4.39 Å². The van der Waals surface area contributed by atoms with Crippen LogP contribution in [0.15, 0.2) is 95.5 Å². The Labute approximate surface area is 400 Å². The van der Waals surface area contributed by atoms with Crippen LogP contribution in [0.25, 0.3) is 0 Å². The number of hydrogen-bond acceptors (Lipinski definition) is 12. The van der Waals surface area contributed by atoms with Crippen molar-refractivity contribution in [3.63, 3.8) is 0 Å². The number of hydrogen-bond donors (Lipinski definition) is 4. The lowest BCUT2D eigenvalue weighted by Crippen LogP contribution is -2.49. The van der Waals surface area contributed by atoms with E-state index in [0.717, 1.165) is 65.5 Å². The fraction of sp³-hybridized carbons (Fsp3) is 0.327. The molecule has 6 heterocycles. The van der Waals surface area contributed by atoms with E-state index < -0.39 is 45.2 Å². The fourth-order valence-corrected chi connectivity index (χ4v) is 11.4. The van der Waals surface area contributed by atoms with Gasteiger partial charge in [-0.05, 0) is 117 Å². The predicted octanol–water partition coefficient (Wildman–Crippen LogP) is 4.92. The van der Waals surface area contributed by atoms with E-state index in [1.807, 2.05) is 17.0 Å². The van der Waals surface area contributed by atoms with Gasteiger partial charge in [0.1, 0.15) is 29.4 Å². The van der Waals surface area contributed by atoms with E-state index in [0.29, 0.717) is 67.9 Å². The Morgan fingerprint density at radius 1 is 0.870 bits per heavy atom. The van der Waals surface area contributed by atoms with Gasteiger partial charge in [0, 0.05) is 72.2 Å². The number of nitrogens with one attached hydrogen (secondary N) is 4. The monoisotopic (exact) mass is 975 g/mol. The maximum absolute atomic E-state index is 15.1. The standard InChI is InChI=1S/C49H47F2N9O7S2/c50-35-8-11-39(51)38(26-35)45(48(65)57-49-52-19-24-68-49)60-28-34-5-3-30(25-42(34)69(60,66)67)1-2-31-4-12-40(53-27-31)46(63)55-37-17-22-59(23-18-37)44(62)29-58-20-15-33(16-21-58)32-6-9-36(10-7-32)54-41-13-14-43(61)56-47(41)64/h3-12,19,24-27,33,37,41,45,54H,13-18,20-23,28-29H2,(H,55,63)(H,52,57,65)(H,56,61,64). The molecule has 356 valence electrons. The molecule has 4 N–H and O–H groups in total. The van der Waals surface area contributed by atoms with Crippen molar-refractivity contribution in [2.75, 3.05) is 43.4 Å². The normalized spacial score (nSPS) is 19.2. The molecule has 0 saturated carbocycles. The molecule has 4 aliphatic rings. The first-order chi connectivity index (χ1) is 33.3. The Balaban J connectivity index is 0.736. The average molecular weight is 976 g/mol. The molecule has 0 bridgehead atoms. The number of benzene rings is 3. The first-order valence-corrected chi connectivity index (χ1v) is 24.9. The number of fused-ring (bicyclic) bond motifs is 1. The zero-order valence-electron chi connectivity index (χ0n) is 37.1. The van der Waals surface area contributed by atoms with Gasteiger partial charge < -0.3 is 20.9 Å². The van der Waals surface area contributed by atoms with Crippen LogP contribution in [0.3, 0.4) is 0 Å². The van der Waals surface area contributed by atoms with Gasteiger partial charge in [0.25, 0.3) is 5.91 Å². The second-order valence-electron chi connectivity index (χ2n) is 17.4. The lowest BCUT2D eigenvalue weighted by molar-refractivity contribution is -0.134. The Hall–Kier alpha value is -6.92. The van der Waals surface area contributed by atoms with Crippen LogP contribution in [-0.4, -0.2) is 107 Å². The van der Waals surface area contributed by atoms with Crippen molar-refractivity contribution in [3.05, 3.63) is 136 Å². The van der Waals surface area contributed by atoms with Gasteiger partial charge in [-0.15, -0.1) is 11.3 Å². The van der Waals surface area contributed by atoms with Crippen molar-refractivity contribution < 1.29 is 41.2 Å². The largest absolute Gasteiger partial charge is 0.374 e. The molecular weight excluding hydrogens is 929 g/mol. The van der Waals surface area contributed by atoms with Crippen molar-refractivity contribution in [1.29, 1.82) is 0 Å². The zero-order chi connectivity index (χ0) is 48.2. The highest BCUT2D eigenvalue weighted by atomic mass is 32.2. The van der Waals surface area contributed by atoms with Crippen molar-refractivity contribution in [3.8, 4) is 11.8 Å². The maximum Gasteiger partial charge on any atom is 0.270 e. The molecule has 0 spiro atoms. The minimum atomic E-state index is -4.40. The molecule has 16 nitrogen and oxygen atoms in total. The number of nitrogens with zero attached hydrogens (tertiary/aromatic N) is 5. The first-order valence-electron chi connectivity index (χ1n) is 22.6. The molecule has 3 saturated heterocycles. The fourth-order valence-electron chi connectivity index (χ4n) is 9.10. The van der Waals surface area contributed by atoms with Crippen LogP contribution in [0.2, 0.25) is 0 Å². The average Bonchev–Trinajstić information content (AvgIpc) is 3.95. The molecular formula is C49H47F2N9O7S2. The van der Waals surface area contributed by atoms with Gasteiger partial charge in [-0.3, -0.25) is 34.2 Å². The van der Waals surface area contributed by atoms with Crippen LogP contribution in [0.4, 0.5) is 19.6 Å². The number of piperidine rings is 3. The molecule has 2 atom stereocenters. The second kappa shape index (κ2) is 20.4. The number of anilines is 2. The zero-order valence-corrected chi connectivity index (χ0v) is 38.8. The molecule has 69 heavy (non-hydrogen) atoms. The van der Waals surface area contributed by atoms with Gasteiger partial charge in [-0.1, -0.05) is 30.0 Å². The summed E-state index contributed by atoms with van der Waals surface area (Å²) in [6, 6.07) is 16.0. The third-order valence-corrected chi connectivity index (χ3v) is 15.5. The highest BCUT2D eigenvalue weighted by molar-refractivity contribution is 7.89. The molecule has 2 unspecified atom stereocenters. The molecule has 0 aliphatic carbocycles. The number of rotatable bonds is 11. The van der Waals surface area contributed by atoms with E-state index in [2.05, 4.69) is 60.1 Å². The van der Waals surface area contributed by atoms with E-state index in [-0.39, 0.29) is 51.9 Å². The number of sulfonamides is 1. The van der Waals surface area contributed by atoms with Crippen LogP contribution in [-0.2, 0) is 35.7 Å². The van der Waals surface area contributed by atoms with Gasteiger partial charge in [-0.2, -0.15) is 4.31 Å². The topological polar surface area (TPSA) is 203 Å². The lowest BCUT2D eigenvalue weighted by atomic mass is 9.89. The van der Waals surface area contributed by atoms with Crippen LogP contribution >= 0.6 is 11.3 Å². The lowest BCUT2D eigenvalue weighted by Gasteiger charge is -2.36. The number of thiazole rings is 1. The van der Waals surface area contributed by atoms with Crippen LogP contribution in [0.1, 0.15) is 88.8 Å². The van der Waals surface area contributed by atoms with Crippen LogP contribution in [0.5, 0.6) is 0 Å². The first kappa shape index (κ1) is 47.2. The Morgan fingerprint density at radius 3 is 2.33 bits per heavy atom. The summed E-state index contributed by atoms with van der Waals surface area (Å²) in [4.78, 5) is 75.8. The quantitative estimate of drug-likeness (QED) is 0.103. The highest BCUT2D eigenvalue weighted by Gasteiger charge is 2.44. The van der Waals surface area contributed by atoms with Crippen molar-refractivity contribution in [2.24, 2.45) is 0 Å². The minimum absolute atomic E-state index is 0.0718. The van der Waals surface area contributed by atoms with Crippen LogP contribution in [0, 0.1) is 23.5 Å². The minimum Gasteiger partial charge on any atom is -0.374 e. The summed E-state index contributed by atoms with van der Waals surface area (Å²) in [5, 5.41) is 12.9. The third kappa shape index (κ3) is 10.9. The van der Waals surface area contributed by atoms with E-state index in [1.54, 1.807) is 29.6 Å². The maximum atomic E-state index is 15.1. The van der Waals surface area contributed by atoms with Crippen molar-refractivity contribution in [2.45, 2.75) is 74.0 Å². The number of carbonyl (C=O) groups is 5. The smallest absolute Gasteiger partial charge is 0.270 e. The molecule has 20 heteroatoms. The molecule has 3 aromatic carbocycles. The Bertz CT molecular complexity index is 2950. The van der Waals surface area contributed by atoms with Crippen LogP contribution < -0.4 is 21.3 Å². The molecule has 3 fully saturated rings. The van der Waals surface area contributed by atoms with E-state index in [9.17, 15) is 36.8 Å². The number of pyridine rings is 1. The number of carbonyl (C=O) groups excluding carboxylic acids is 5. The molecule has 5 aromatic rings. The van der Waals surface area contributed by atoms with Gasteiger partial charge in [-0.25, -0.2) is 27.2 Å². The highest BCUT2D eigenvalue weighted by Crippen LogP contribution is 2.39. The van der Waals surface area contributed by atoms with Gasteiger partial charge in [0.15, 0.2) is 5.13 Å². The Kier molecular flexibility index (Phi) is 13.9. The predicted molar refractivity (Wildman–Crippen MR) is 251 cm³/mol. The molecule has 2 aromatic heterocycles. The number of halogens is 2. The van der Waals surface area contributed by atoms with E-state index in [4.69, 9.17) is 0 Å². The van der Waals surface area contributed by atoms with Gasteiger partial charge in [0.05, 0.1) is 11.4 Å². The summed E-state index contributed by atoms with van der Waals surface area (Å²) in [7, 11) is -4.40. The number of likely N-dealkylation sites (tertiary alicyclic amines) is 2. The SMILES string of the molecule is O=C1CCC(Nc2ccc(C3CCN(CC(=O)N4CCC(NC(=O)c5ccc(C#Cc6ccc7c(c6)S(=O)(=O)N(C(C(=O)Nc6nccs6)c6cc(F)ccc6F)C7)cn5)CC4)CC3)cc2)C(=O)N1. The van der Waals surface area contributed by atoms with Gasteiger partial charge >= 0.3 is 0 Å². The number of aromatic nitrogens is 2. The molecule has 0 radical (unpaired) electrons. The Morgan fingerprint density at radius 2 is 1.62 bits per heavy atom. The van der Waals surface area contributed by atoms with Crippen molar-refractivity contribution in [1.82, 2.24) is 34.7 Å². The number of amides is 5. The van der Waals surface area contributed by atoms with E-state index in [1.165, 1.54) is 24.0 Å². The summed E-state index contributed by atoms with van der Waals surface area (Å²) in [6.07, 6.45) is 6.72. The summed E-state index contributed by atoms with van der Waals surface area (Å²) < 4.78 is 58.3. The summed E-state index contributed by atoms with van der Waals surface area (Å²) in [5.41, 5.74) is 2.92. The molecule has 5 amide bonds.